The zero-order chi connectivity index (χ0) is 5.86. The maximum atomic E-state index is 9.92. The summed E-state index contributed by atoms with van der Waals surface area (Å²) in [6, 6.07) is 0. The first-order valence-electron chi connectivity index (χ1n) is 2.20. The molecule has 0 aliphatic carbocycles. The van der Waals surface area contributed by atoms with Crippen molar-refractivity contribution < 1.29 is 8.76 Å². The van der Waals surface area contributed by atoms with Crippen LogP contribution in [0.25, 0.3) is 0 Å². The first-order chi connectivity index (χ1) is 3.13. The fourth-order valence-electron chi connectivity index (χ4n) is 0.285. The van der Waals surface area contributed by atoms with Crippen LogP contribution >= 0.6 is 0 Å². The minimum absolute atomic E-state index is 0. The molecule has 1 N–H and O–H groups in total. The third kappa shape index (κ3) is 10.2. The van der Waals surface area contributed by atoms with E-state index in [-0.39, 0.29) is 29.6 Å². The molecule has 1 radical (unpaired) electrons. The molecule has 0 aliphatic heterocycles. The fourth-order valence-corrected chi connectivity index (χ4v) is 0.855. The average Bonchev–Trinajstić information content (AvgIpc) is 1.27. The van der Waals surface area contributed by atoms with Crippen molar-refractivity contribution in [1.82, 2.24) is 0 Å². The number of hydrogen-bond donors (Lipinski definition) is 1. The molecule has 0 rings (SSSR count). The minimum atomic E-state index is -1.60. The van der Waals surface area contributed by atoms with Gasteiger partial charge in [-0.05, 0) is 5.92 Å². The van der Waals surface area contributed by atoms with Gasteiger partial charge in [0, 0.05) is 29.6 Å². The third-order valence-electron chi connectivity index (χ3n) is 0.476. The van der Waals surface area contributed by atoms with Crippen LogP contribution in [0, 0.1) is 5.92 Å². The van der Waals surface area contributed by atoms with Crippen LogP contribution in [-0.2, 0) is 11.1 Å². The Labute approximate surface area is 74.6 Å². The van der Waals surface area contributed by atoms with Crippen molar-refractivity contribution in [3.05, 3.63) is 0 Å². The largest absolute Gasteiger partial charge is 0.306 e. The van der Waals surface area contributed by atoms with E-state index in [1.54, 1.807) is 0 Å². The maximum Gasteiger partial charge on any atom is 0.153 e. The van der Waals surface area contributed by atoms with E-state index >= 15 is 0 Å². The Morgan fingerprint density at radius 3 is 2.00 bits per heavy atom. The van der Waals surface area contributed by atoms with Crippen molar-refractivity contribution in [2.75, 3.05) is 5.75 Å². The Bertz CT molecular complexity index is 74.4. The molecule has 8 heavy (non-hydrogen) atoms. The van der Waals surface area contributed by atoms with Crippen LogP contribution in [0.5, 0.6) is 0 Å². The van der Waals surface area contributed by atoms with Crippen LogP contribution in [0.15, 0.2) is 0 Å². The van der Waals surface area contributed by atoms with E-state index in [0.717, 1.165) is 0 Å². The molecule has 0 heterocycles. The van der Waals surface area contributed by atoms with E-state index in [2.05, 4.69) is 0 Å². The first kappa shape index (κ1) is 11.9. The number of hydrogen-bond acceptors (Lipinski definition) is 1. The normalized spacial score (nSPS) is 13.0. The van der Waals surface area contributed by atoms with E-state index in [9.17, 15) is 4.21 Å². The van der Waals surface area contributed by atoms with Gasteiger partial charge in [0.15, 0.2) is 11.1 Å². The smallest absolute Gasteiger partial charge is 0.153 e. The molecule has 0 amide bonds. The second kappa shape index (κ2) is 6.23. The molecule has 1 atom stereocenters. The van der Waals surface area contributed by atoms with Gasteiger partial charge in [-0.3, -0.25) is 0 Å². The summed E-state index contributed by atoms with van der Waals surface area (Å²) in [5.41, 5.74) is 0. The predicted molar refractivity (Wildman–Crippen MR) is 36.2 cm³/mol. The molecule has 0 aromatic rings. The molecule has 2 nitrogen and oxygen atoms in total. The summed E-state index contributed by atoms with van der Waals surface area (Å²) in [5, 5.41) is 0. The SMILES string of the molecule is CC(C)CS(=O)O.[Na]. The second-order valence-electron chi connectivity index (χ2n) is 1.88. The Morgan fingerprint density at radius 1 is 1.62 bits per heavy atom. The molecule has 0 fully saturated rings. The Morgan fingerprint density at radius 2 is 2.00 bits per heavy atom. The van der Waals surface area contributed by atoms with Crippen molar-refractivity contribution in [1.29, 1.82) is 0 Å². The molecule has 0 aliphatic rings. The van der Waals surface area contributed by atoms with E-state index in [1.807, 2.05) is 13.8 Å². The predicted octanol–water partition coefficient (Wildman–Crippen LogP) is 0.483. The van der Waals surface area contributed by atoms with E-state index in [4.69, 9.17) is 4.55 Å². The average molecular weight is 145 g/mol. The standard InChI is InChI=1S/C4H10O2S.Na/c1-4(2)3-7(5)6;/h4H,3H2,1-2H3,(H,5,6);. The summed E-state index contributed by atoms with van der Waals surface area (Å²) in [6.07, 6.45) is 0. The minimum Gasteiger partial charge on any atom is -0.306 e. The summed E-state index contributed by atoms with van der Waals surface area (Å²) in [6.45, 7) is 3.82. The zero-order valence-corrected chi connectivity index (χ0v) is 8.36. The summed E-state index contributed by atoms with van der Waals surface area (Å²) in [4.78, 5) is 0. The van der Waals surface area contributed by atoms with Crippen LogP contribution in [-0.4, -0.2) is 44.1 Å². The van der Waals surface area contributed by atoms with Crippen molar-refractivity contribution in [2.24, 2.45) is 5.92 Å². The summed E-state index contributed by atoms with van der Waals surface area (Å²) < 4.78 is 18.1. The van der Waals surface area contributed by atoms with Crippen molar-refractivity contribution >= 4 is 40.6 Å². The van der Waals surface area contributed by atoms with Crippen LogP contribution in [0.4, 0.5) is 0 Å². The molecule has 0 saturated carbocycles. The fraction of sp³-hybridized carbons (Fsp3) is 1.00. The van der Waals surface area contributed by atoms with Gasteiger partial charge in [0.25, 0.3) is 0 Å². The van der Waals surface area contributed by atoms with Gasteiger partial charge < -0.3 is 4.55 Å². The van der Waals surface area contributed by atoms with E-state index in [0.29, 0.717) is 11.7 Å². The molecule has 0 bridgehead atoms. The molecular weight excluding hydrogens is 135 g/mol. The molecule has 0 saturated heterocycles. The van der Waals surface area contributed by atoms with Crippen LogP contribution in [0.3, 0.4) is 0 Å². The van der Waals surface area contributed by atoms with Gasteiger partial charge in [-0.1, -0.05) is 13.8 Å². The molecule has 4 heteroatoms. The van der Waals surface area contributed by atoms with E-state index < -0.39 is 11.1 Å². The quantitative estimate of drug-likeness (QED) is 0.453. The van der Waals surface area contributed by atoms with Gasteiger partial charge in [-0.25, -0.2) is 4.21 Å². The molecule has 1 unspecified atom stereocenters. The molecule has 45 valence electrons. The van der Waals surface area contributed by atoms with Gasteiger partial charge in [0.2, 0.25) is 0 Å². The summed E-state index contributed by atoms with van der Waals surface area (Å²) in [7, 11) is 0. The monoisotopic (exact) mass is 145 g/mol. The topological polar surface area (TPSA) is 37.3 Å². The van der Waals surface area contributed by atoms with Gasteiger partial charge >= 0.3 is 0 Å². The molecular formula is C4H10NaO2S. The molecule has 0 spiro atoms. The number of rotatable bonds is 2. The van der Waals surface area contributed by atoms with Crippen molar-refractivity contribution in [3.8, 4) is 0 Å². The maximum absolute atomic E-state index is 9.92. The zero-order valence-electron chi connectivity index (χ0n) is 5.55. The Hall–Kier alpha value is 1.11. The van der Waals surface area contributed by atoms with Crippen LogP contribution < -0.4 is 0 Å². The molecule has 0 aromatic carbocycles. The third-order valence-corrected chi connectivity index (χ3v) is 1.43. The van der Waals surface area contributed by atoms with Gasteiger partial charge in [-0.2, -0.15) is 0 Å². The van der Waals surface area contributed by atoms with Crippen LogP contribution in [0.1, 0.15) is 13.8 Å². The summed E-state index contributed by atoms with van der Waals surface area (Å²) in [5.74, 6) is 0.714. The second-order valence-corrected chi connectivity index (χ2v) is 2.86. The van der Waals surface area contributed by atoms with E-state index in [1.165, 1.54) is 0 Å². The molecule has 0 aromatic heterocycles. The first-order valence-corrected chi connectivity index (χ1v) is 3.48. The van der Waals surface area contributed by atoms with Gasteiger partial charge in [0.1, 0.15) is 0 Å². The Kier molecular flexibility index (Phi) is 9.24. The summed E-state index contributed by atoms with van der Waals surface area (Å²) >= 11 is -1.60. The van der Waals surface area contributed by atoms with Crippen LogP contribution in [0.2, 0.25) is 0 Å². The van der Waals surface area contributed by atoms with Crippen molar-refractivity contribution in [3.63, 3.8) is 0 Å². The Balaban J connectivity index is 0. The van der Waals surface area contributed by atoms with Crippen molar-refractivity contribution in [2.45, 2.75) is 13.8 Å². The van der Waals surface area contributed by atoms with Gasteiger partial charge in [0.05, 0.1) is 5.75 Å². The van der Waals surface area contributed by atoms with Gasteiger partial charge in [-0.15, -0.1) is 0 Å².